The van der Waals surface area contributed by atoms with Crippen LogP contribution >= 0.6 is 15.9 Å². The van der Waals surface area contributed by atoms with Crippen molar-refractivity contribution in [3.05, 3.63) is 46.5 Å². The first-order valence-corrected chi connectivity index (χ1v) is 7.19. The van der Waals surface area contributed by atoms with Crippen LogP contribution in [-0.4, -0.2) is 22.6 Å². The minimum Gasteiger partial charge on any atom is -0.316 e. The van der Waals surface area contributed by atoms with E-state index in [2.05, 4.69) is 33.2 Å². The van der Waals surface area contributed by atoms with E-state index in [0.29, 0.717) is 0 Å². The minimum absolute atomic E-state index is 0.119. The lowest BCUT2D eigenvalue weighted by Crippen LogP contribution is -2.27. The quantitative estimate of drug-likeness (QED) is 0.850. The molecule has 0 aliphatic carbocycles. The maximum absolute atomic E-state index is 14.1. The highest BCUT2D eigenvalue weighted by atomic mass is 79.9. The van der Waals surface area contributed by atoms with Gasteiger partial charge in [0.1, 0.15) is 11.6 Å². The molecule has 1 aliphatic rings. The summed E-state index contributed by atoms with van der Waals surface area (Å²) in [4.78, 5) is 4.12. The Morgan fingerprint density at radius 3 is 2.85 bits per heavy atom. The predicted octanol–water partition coefficient (Wildman–Crippen LogP) is 3.16. The Bertz CT molecular complexity index is 648. The molecular formula is C14H14BrF2N3. The zero-order valence-corrected chi connectivity index (χ0v) is 12.5. The van der Waals surface area contributed by atoms with Crippen LogP contribution in [0.2, 0.25) is 0 Å². The Hall–Kier alpha value is -1.27. The number of aromatic nitrogens is 2. The van der Waals surface area contributed by atoms with Crippen molar-refractivity contribution in [2.24, 2.45) is 0 Å². The fourth-order valence-corrected chi connectivity index (χ4v) is 2.98. The summed E-state index contributed by atoms with van der Waals surface area (Å²) in [5, 5.41) is 3.30. The molecule has 2 heterocycles. The monoisotopic (exact) mass is 341 g/mol. The summed E-state index contributed by atoms with van der Waals surface area (Å²) < 4.78 is 29.6. The molecule has 20 heavy (non-hydrogen) atoms. The lowest BCUT2D eigenvalue weighted by atomic mass is 9.86. The van der Waals surface area contributed by atoms with Crippen LogP contribution in [0.1, 0.15) is 19.0 Å². The lowest BCUT2D eigenvalue weighted by Gasteiger charge is -2.24. The van der Waals surface area contributed by atoms with Crippen LogP contribution in [-0.2, 0) is 5.41 Å². The largest absolute Gasteiger partial charge is 0.316 e. The summed E-state index contributed by atoms with van der Waals surface area (Å²) in [6, 6.07) is 2.33. The molecule has 0 spiro atoms. The van der Waals surface area contributed by atoms with E-state index < -0.39 is 11.6 Å². The van der Waals surface area contributed by atoms with Crippen molar-refractivity contribution in [2.75, 3.05) is 13.1 Å². The fraction of sp³-hybridized carbons (Fsp3) is 0.357. The van der Waals surface area contributed by atoms with Crippen molar-refractivity contribution in [3.63, 3.8) is 0 Å². The van der Waals surface area contributed by atoms with Crippen LogP contribution in [0.5, 0.6) is 0 Å². The van der Waals surface area contributed by atoms with Gasteiger partial charge in [0.2, 0.25) is 0 Å². The van der Waals surface area contributed by atoms with Gasteiger partial charge in [0.25, 0.3) is 0 Å². The molecular weight excluding hydrogens is 328 g/mol. The van der Waals surface area contributed by atoms with Gasteiger partial charge in [-0.15, -0.1) is 0 Å². The van der Waals surface area contributed by atoms with Gasteiger partial charge >= 0.3 is 0 Å². The molecule has 0 saturated carbocycles. The van der Waals surface area contributed by atoms with Gasteiger partial charge in [-0.05, 0) is 35.0 Å². The first-order chi connectivity index (χ1) is 9.51. The smallest absolute Gasteiger partial charge is 0.148 e. The first-order valence-electron chi connectivity index (χ1n) is 6.40. The molecule has 1 atom stereocenters. The summed E-state index contributed by atoms with van der Waals surface area (Å²) in [6.07, 6.45) is 4.20. The number of imidazole rings is 1. The van der Waals surface area contributed by atoms with Crippen LogP contribution in [0.4, 0.5) is 8.78 Å². The topological polar surface area (TPSA) is 29.9 Å². The van der Waals surface area contributed by atoms with E-state index >= 15 is 0 Å². The van der Waals surface area contributed by atoms with Gasteiger partial charge in [0.05, 0.1) is 16.5 Å². The van der Waals surface area contributed by atoms with Gasteiger partial charge in [-0.3, -0.25) is 4.57 Å². The Morgan fingerprint density at radius 2 is 2.15 bits per heavy atom. The van der Waals surface area contributed by atoms with Crippen molar-refractivity contribution in [1.29, 1.82) is 0 Å². The summed E-state index contributed by atoms with van der Waals surface area (Å²) in [6.45, 7) is 3.83. The van der Waals surface area contributed by atoms with Crippen LogP contribution < -0.4 is 5.32 Å². The SMILES string of the molecule is CC1(c2cncn2-c2cc(F)c(Br)cc2F)CCNC1. The van der Waals surface area contributed by atoms with E-state index in [-0.39, 0.29) is 15.6 Å². The molecule has 1 aliphatic heterocycles. The summed E-state index contributed by atoms with van der Waals surface area (Å²) in [5.74, 6) is -0.970. The Morgan fingerprint density at radius 1 is 1.35 bits per heavy atom. The summed E-state index contributed by atoms with van der Waals surface area (Å²) in [7, 11) is 0. The first kappa shape index (κ1) is 13.7. The zero-order valence-electron chi connectivity index (χ0n) is 11.0. The van der Waals surface area contributed by atoms with E-state index in [9.17, 15) is 8.78 Å². The molecule has 1 fully saturated rings. The highest BCUT2D eigenvalue weighted by Gasteiger charge is 2.34. The highest BCUT2D eigenvalue weighted by molar-refractivity contribution is 9.10. The molecule has 3 nitrogen and oxygen atoms in total. The molecule has 1 saturated heterocycles. The van der Waals surface area contributed by atoms with Crippen molar-refractivity contribution in [1.82, 2.24) is 14.9 Å². The van der Waals surface area contributed by atoms with Gasteiger partial charge in [-0.1, -0.05) is 6.92 Å². The van der Waals surface area contributed by atoms with Crippen molar-refractivity contribution in [2.45, 2.75) is 18.8 Å². The third kappa shape index (κ3) is 2.16. The number of hydrogen-bond acceptors (Lipinski definition) is 2. The number of halogens is 3. The number of nitrogens with one attached hydrogen (secondary N) is 1. The van der Waals surface area contributed by atoms with E-state index in [0.717, 1.165) is 31.3 Å². The molecule has 0 amide bonds. The third-order valence-electron chi connectivity index (χ3n) is 3.87. The standard InChI is InChI=1S/C14H14BrF2N3/c1-14(2-3-18-7-14)13-6-19-8-20(13)12-5-10(16)9(15)4-11(12)17/h4-6,8,18H,2-3,7H2,1H3. The lowest BCUT2D eigenvalue weighted by molar-refractivity contribution is 0.494. The van der Waals surface area contributed by atoms with Gasteiger partial charge in [-0.2, -0.15) is 0 Å². The molecule has 3 rings (SSSR count). The molecule has 1 aromatic carbocycles. The second-order valence-corrected chi connectivity index (χ2v) is 6.21. The fourth-order valence-electron chi connectivity index (χ4n) is 2.67. The van der Waals surface area contributed by atoms with E-state index in [1.165, 1.54) is 12.4 Å². The summed E-state index contributed by atoms with van der Waals surface area (Å²) in [5.41, 5.74) is 0.960. The molecule has 0 bridgehead atoms. The van der Waals surface area contributed by atoms with Crippen molar-refractivity contribution in [3.8, 4) is 5.69 Å². The van der Waals surface area contributed by atoms with Crippen molar-refractivity contribution >= 4 is 15.9 Å². The van der Waals surface area contributed by atoms with Gasteiger partial charge in [0.15, 0.2) is 0 Å². The van der Waals surface area contributed by atoms with E-state index in [4.69, 9.17) is 0 Å². The normalized spacial score (nSPS) is 22.4. The molecule has 1 aromatic heterocycles. The third-order valence-corrected chi connectivity index (χ3v) is 4.48. The molecule has 2 aromatic rings. The number of hydrogen-bond donors (Lipinski definition) is 1. The molecule has 1 unspecified atom stereocenters. The second kappa shape index (κ2) is 4.93. The number of benzene rings is 1. The number of rotatable bonds is 2. The molecule has 106 valence electrons. The number of nitrogens with zero attached hydrogens (tertiary/aromatic N) is 2. The van der Waals surface area contributed by atoms with Crippen LogP contribution in [0, 0.1) is 11.6 Å². The maximum atomic E-state index is 14.1. The zero-order chi connectivity index (χ0) is 14.3. The molecule has 6 heteroatoms. The van der Waals surface area contributed by atoms with Crippen LogP contribution in [0.15, 0.2) is 29.1 Å². The molecule has 1 N–H and O–H groups in total. The van der Waals surface area contributed by atoms with Gasteiger partial charge < -0.3 is 5.32 Å². The van der Waals surface area contributed by atoms with Gasteiger partial charge in [0, 0.05) is 29.9 Å². The van der Waals surface area contributed by atoms with Crippen LogP contribution in [0.25, 0.3) is 5.69 Å². The Balaban J connectivity index is 2.13. The minimum atomic E-state index is -0.490. The predicted molar refractivity (Wildman–Crippen MR) is 76.0 cm³/mol. The Kier molecular flexibility index (Phi) is 3.38. The Labute approximate surface area is 124 Å². The van der Waals surface area contributed by atoms with E-state index in [1.807, 2.05) is 0 Å². The maximum Gasteiger partial charge on any atom is 0.148 e. The summed E-state index contributed by atoms with van der Waals surface area (Å²) >= 11 is 2.99. The van der Waals surface area contributed by atoms with Crippen LogP contribution in [0.3, 0.4) is 0 Å². The van der Waals surface area contributed by atoms with Gasteiger partial charge in [-0.25, -0.2) is 13.8 Å². The van der Waals surface area contributed by atoms with E-state index in [1.54, 1.807) is 10.8 Å². The second-order valence-electron chi connectivity index (χ2n) is 5.35. The molecule has 0 radical (unpaired) electrons. The average Bonchev–Trinajstić information content (AvgIpc) is 3.03. The highest BCUT2D eigenvalue weighted by Crippen LogP contribution is 2.32. The average molecular weight is 342 g/mol. The van der Waals surface area contributed by atoms with Crippen molar-refractivity contribution < 1.29 is 8.78 Å².